The standard InChI is InChI=1S/C70H53NS2/c1-67(2,3)42-30-36-63-59(38-42)70(60-39-43(68(4,5)6)31-37-64(60)73-63)56-26-15-10-21-49(56)51-35-33-45(41-58(51)70)71(61-27-17-29-65-66(61)52-22-11-16-28-62(52)72-65)44-32-34-50-48-20-9-14-25-55(48)69(57(50)40-44)53-23-12-7-18-46(53)47-19-8-13-24-54(47)69/h7-41H,1-6H3. The molecule has 0 bridgehead atoms. The van der Waals surface area contributed by atoms with E-state index in [2.05, 4.69) is 259 Å². The van der Waals surface area contributed by atoms with Gasteiger partial charge < -0.3 is 4.90 Å². The largest absolute Gasteiger partial charge is 0.310 e. The van der Waals surface area contributed by atoms with Crippen LogP contribution in [0, 0.1) is 0 Å². The molecule has 0 unspecified atom stereocenters. The van der Waals surface area contributed by atoms with Crippen LogP contribution in [0.4, 0.5) is 17.1 Å². The van der Waals surface area contributed by atoms with Crippen LogP contribution in [-0.4, -0.2) is 0 Å². The molecule has 0 saturated heterocycles. The first-order valence-corrected chi connectivity index (χ1v) is 27.5. The summed E-state index contributed by atoms with van der Waals surface area (Å²) in [7, 11) is 0. The molecule has 0 amide bonds. The van der Waals surface area contributed by atoms with Crippen LogP contribution in [0.1, 0.15) is 97.2 Å². The summed E-state index contributed by atoms with van der Waals surface area (Å²) in [5, 5.41) is 2.57. The van der Waals surface area contributed by atoms with Gasteiger partial charge in [0.2, 0.25) is 0 Å². The fourth-order valence-electron chi connectivity index (χ4n) is 13.6. The molecule has 73 heavy (non-hydrogen) atoms. The maximum Gasteiger partial charge on any atom is 0.0736 e. The highest BCUT2D eigenvalue weighted by molar-refractivity contribution is 7.99. The van der Waals surface area contributed by atoms with Crippen LogP contribution >= 0.6 is 23.1 Å². The lowest BCUT2D eigenvalue weighted by atomic mass is 9.65. The van der Waals surface area contributed by atoms with Gasteiger partial charge in [0, 0.05) is 41.3 Å². The molecule has 0 saturated carbocycles. The lowest BCUT2D eigenvalue weighted by Crippen LogP contribution is -2.33. The van der Waals surface area contributed by atoms with Crippen LogP contribution < -0.4 is 4.90 Å². The fourth-order valence-corrected chi connectivity index (χ4v) is 15.9. The van der Waals surface area contributed by atoms with Crippen molar-refractivity contribution >= 4 is 60.3 Å². The number of fused-ring (bicyclic) bond motifs is 22. The zero-order valence-corrected chi connectivity index (χ0v) is 43.6. The Hall–Kier alpha value is -7.43. The first-order chi connectivity index (χ1) is 35.5. The van der Waals surface area contributed by atoms with E-state index < -0.39 is 10.8 Å². The van der Waals surface area contributed by atoms with Crippen LogP contribution in [0.25, 0.3) is 53.6 Å². The quantitative estimate of drug-likeness (QED) is 0.174. The summed E-state index contributed by atoms with van der Waals surface area (Å²) < 4.78 is 2.59. The van der Waals surface area contributed by atoms with E-state index in [1.807, 2.05) is 23.1 Å². The number of benzene rings is 10. The molecule has 11 aromatic rings. The maximum atomic E-state index is 2.61. The summed E-state index contributed by atoms with van der Waals surface area (Å²) in [6, 6.07) is 82.3. The van der Waals surface area contributed by atoms with Crippen molar-refractivity contribution in [2.24, 2.45) is 0 Å². The van der Waals surface area contributed by atoms with Crippen LogP contribution in [-0.2, 0) is 21.7 Å². The van der Waals surface area contributed by atoms with E-state index in [1.165, 1.54) is 125 Å². The molecular weight excluding hydrogens is 919 g/mol. The lowest BCUT2D eigenvalue weighted by molar-refractivity contribution is 0.581. The molecule has 10 aromatic carbocycles. The minimum Gasteiger partial charge on any atom is -0.310 e. The number of thiophene rings is 1. The zero-order chi connectivity index (χ0) is 49.2. The Morgan fingerprint density at radius 2 is 0.753 bits per heavy atom. The van der Waals surface area contributed by atoms with E-state index in [-0.39, 0.29) is 10.8 Å². The first-order valence-electron chi connectivity index (χ1n) is 25.8. The summed E-state index contributed by atoms with van der Waals surface area (Å²) in [6.07, 6.45) is 0. The zero-order valence-electron chi connectivity index (χ0n) is 42.0. The molecule has 0 atom stereocenters. The normalized spacial score (nSPS) is 14.9. The smallest absolute Gasteiger partial charge is 0.0736 e. The van der Waals surface area contributed by atoms with E-state index in [9.17, 15) is 0 Å². The monoisotopic (exact) mass is 971 g/mol. The molecule has 1 aliphatic heterocycles. The third kappa shape index (κ3) is 5.76. The van der Waals surface area contributed by atoms with E-state index in [1.54, 1.807) is 0 Å². The summed E-state index contributed by atoms with van der Waals surface area (Å²) in [5.74, 6) is 0. The van der Waals surface area contributed by atoms with E-state index in [4.69, 9.17) is 0 Å². The molecule has 3 aliphatic carbocycles. The highest BCUT2D eigenvalue weighted by Gasteiger charge is 2.53. The Balaban J connectivity index is 1.05. The van der Waals surface area contributed by atoms with Gasteiger partial charge in [-0.25, -0.2) is 0 Å². The lowest BCUT2D eigenvalue weighted by Gasteiger charge is -2.41. The Bertz CT molecular complexity index is 4040. The van der Waals surface area contributed by atoms with Crippen molar-refractivity contribution in [1.29, 1.82) is 0 Å². The molecule has 2 spiro atoms. The number of anilines is 3. The van der Waals surface area contributed by atoms with Crippen molar-refractivity contribution in [3.63, 3.8) is 0 Å². The van der Waals surface area contributed by atoms with E-state index >= 15 is 0 Å². The first kappa shape index (κ1) is 43.2. The number of nitrogens with zero attached hydrogens (tertiary/aromatic N) is 1. The highest BCUT2D eigenvalue weighted by Crippen LogP contribution is 2.66. The molecule has 1 aromatic heterocycles. The second kappa shape index (κ2) is 15.1. The molecule has 15 rings (SSSR count). The SMILES string of the molecule is CC(C)(C)c1ccc2c(c1)C1(c3cc(C(C)(C)C)ccc3S2)c2ccccc2-c2ccc(N(c3ccc4c(c3)C3(c5ccccc5-c5ccccc53)c3ccccc3-4)c3cccc4sc5ccccc5c34)cc21. The second-order valence-corrected chi connectivity index (χ2v) is 24.9. The fraction of sp³-hybridized carbons (Fsp3) is 0.143. The molecular formula is C70H53NS2. The highest BCUT2D eigenvalue weighted by atomic mass is 32.2. The summed E-state index contributed by atoms with van der Waals surface area (Å²) in [4.78, 5) is 5.26. The van der Waals surface area contributed by atoms with E-state index in [0.717, 1.165) is 11.4 Å². The second-order valence-electron chi connectivity index (χ2n) is 22.7. The van der Waals surface area contributed by atoms with Gasteiger partial charge in [-0.05, 0) is 154 Å². The summed E-state index contributed by atoms with van der Waals surface area (Å²) >= 11 is 3.82. The molecule has 0 radical (unpaired) electrons. The van der Waals surface area contributed by atoms with Gasteiger partial charge in [-0.1, -0.05) is 211 Å². The molecule has 0 fully saturated rings. The number of hydrogen-bond donors (Lipinski definition) is 0. The van der Waals surface area contributed by atoms with Crippen molar-refractivity contribution in [1.82, 2.24) is 0 Å². The summed E-state index contributed by atoms with van der Waals surface area (Å²) in [6.45, 7) is 14.1. The minimum atomic E-state index is -0.575. The number of hydrogen-bond acceptors (Lipinski definition) is 3. The topological polar surface area (TPSA) is 3.24 Å². The molecule has 0 N–H and O–H groups in total. The van der Waals surface area contributed by atoms with Gasteiger partial charge in [0.15, 0.2) is 0 Å². The van der Waals surface area contributed by atoms with Crippen molar-refractivity contribution < 1.29 is 0 Å². The van der Waals surface area contributed by atoms with Crippen LogP contribution in [0.5, 0.6) is 0 Å². The van der Waals surface area contributed by atoms with E-state index in [0.29, 0.717) is 0 Å². The predicted molar refractivity (Wildman–Crippen MR) is 309 cm³/mol. The van der Waals surface area contributed by atoms with Gasteiger partial charge >= 0.3 is 0 Å². The molecule has 1 nitrogen and oxygen atoms in total. The molecule has 4 aliphatic rings. The Morgan fingerprint density at radius 3 is 1.23 bits per heavy atom. The maximum absolute atomic E-state index is 2.61. The predicted octanol–water partition coefficient (Wildman–Crippen LogP) is 19.3. The van der Waals surface area contributed by atoms with Crippen molar-refractivity contribution in [3.8, 4) is 33.4 Å². The van der Waals surface area contributed by atoms with Crippen molar-refractivity contribution in [3.05, 3.63) is 268 Å². The van der Waals surface area contributed by atoms with Crippen molar-refractivity contribution in [2.45, 2.75) is 73.0 Å². The van der Waals surface area contributed by atoms with Gasteiger partial charge in [0.25, 0.3) is 0 Å². The minimum absolute atomic E-state index is 0.0407. The Labute approximate surface area is 436 Å². The summed E-state index contributed by atoms with van der Waals surface area (Å²) in [5.41, 5.74) is 23.7. The van der Waals surface area contributed by atoms with Gasteiger partial charge in [-0.3, -0.25) is 0 Å². The average molecular weight is 972 g/mol. The Morgan fingerprint density at radius 1 is 0.342 bits per heavy atom. The number of rotatable bonds is 3. The van der Waals surface area contributed by atoms with Gasteiger partial charge in [0.05, 0.1) is 16.5 Å². The molecule has 350 valence electrons. The van der Waals surface area contributed by atoms with Crippen LogP contribution in [0.15, 0.2) is 222 Å². The van der Waals surface area contributed by atoms with Crippen LogP contribution in [0.2, 0.25) is 0 Å². The van der Waals surface area contributed by atoms with Gasteiger partial charge in [-0.15, -0.1) is 11.3 Å². The Kier molecular flexibility index (Phi) is 8.92. The van der Waals surface area contributed by atoms with Gasteiger partial charge in [0.1, 0.15) is 0 Å². The van der Waals surface area contributed by atoms with Gasteiger partial charge in [-0.2, -0.15) is 0 Å². The third-order valence-electron chi connectivity index (χ3n) is 16.9. The average Bonchev–Trinajstić information content (AvgIpc) is 4.13. The van der Waals surface area contributed by atoms with Crippen LogP contribution in [0.3, 0.4) is 0 Å². The third-order valence-corrected chi connectivity index (χ3v) is 19.2. The molecule has 2 heterocycles. The van der Waals surface area contributed by atoms with Crippen molar-refractivity contribution in [2.75, 3.05) is 4.90 Å². The molecule has 3 heteroatoms.